The Hall–Kier alpha value is -1.55. The van der Waals surface area contributed by atoms with Gasteiger partial charge in [0.25, 0.3) is 5.91 Å². The van der Waals surface area contributed by atoms with Gasteiger partial charge in [-0.1, -0.05) is 18.6 Å². The summed E-state index contributed by atoms with van der Waals surface area (Å²) >= 11 is 0. The zero-order valence-corrected chi connectivity index (χ0v) is 12.8. The summed E-state index contributed by atoms with van der Waals surface area (Å²) in [5.74, 6) is 0.0125. The average Bonchev–Trinajstić information content (AvgIpc) is 3.08. The molecule has 2 N–H and O–H groups in total. The Labute approximate surface area is 126 Å². The van der Waals surface area contributed by atoms with Gasteiger partial charge in [-0.15, -0.1) is 0 Å². The van der Waals surface area contributed by atoms with E-state index in [1.807, 2.05) is 25.1 Å². The van der Waals surface area contributed by atoms with Crippen LogP contribution in [0.25, 0.3) is 0 Å². The molecule has 2 aliphatic rings. The minimum atomic E-state index is 0.0125. The molecule has 2 heterocycles. The highest BCUT2D eigenvalue weighted by Gasteiger charge is 2.41. The van der Waals surface area contributed by atoms with E-state index in [2.05, 4.69) is 17.6 Å². The third kappa shape index (κ3) is 3.05. The van der Waals surface area contributed by atoms with E-state index in [0.717, 1.165) is 49.0 Å². The fourth-order valence-corrected chi connectivity index (χ4v) is 3.30. The highest BCUT2D eigenvalue weighted by atomic mass is 16.5. The first-order valence-electron chi connectivity index (χ1n) is 7.98. The molecule has 2 fully saturated rings. The number of anilines is 1. The number of amides is 1. The molecule has 2 bridgehead atoms. The maximum absolute atomic E-state index is 12.6. The van der Waals surface area contributed by atoms with Gasteiger partial charge < -0.3 is 15.4 Å². The Morgan fingerprint density at radius 3 is 2.90 bits per heavy atom. The molecule has 3 atom stereocenters. The van der Waals surface area contributed by atoms with Gasteiger partial charge in [0.2, 0.25) is 0 Å². The SMILES string of the molecule is CCCNc1ccc(C)cc1C(=O)NC1CC2CCC1O2. The normalized spacial score (nSPS) is 26.9. The third-order valence-electron chi connectivity index (χ3n) is 4.41. The summed E-state index contributed by atoms with van der Waals surface area (Å²) in [4.78, 5) is 12.6. The van der Waals surface area contributed by atoms with Gasteiger partial charge in [-0.05, 0) is 44.7 Å². The largest absolute Gasteiger partial charge is 0.384 e. The van der Waals surface area contributed by atoms with Gasteiger partial charge in [0, 0.05) is 12.2 Å². The van der Waals surface area contributed by atoms with Crippen LogP contribution < -0.4 is 10.6 Å². The predicted molar refractivity (Wildman–Crippen MR) is 83.7 cm³/mol. The van der Waals surface area contributed by atoms with E-state index < -0.39 is 0 Å². The monoisotopic (exact) mass is 288 g/mol. The number of hydrogen-bond donors (Lipinski definition) is 2. The van der Waals surface area contributed by atoms with E-state index in [9.17, 15) is 4.79 Å². The lowest BCUT2D eigenvalue weighted by Crippen LogP contribution is -2.41. The van der Waals surface area contributed by atoms with Crippen LogP contribution in [-0.4, -0.2) is 30.7 Å². The van der Waals surface area contributed by atoms with Crippen molar-refractivity contribution in [2.75, 3.05) is 11.9 Å². The van der Waals surface area contributed by atoms with E-state index in [-0.39, 0.29) is 18.1 Å². The summed E-state index contributed by atoms with van der Waals surface area (Å²) in [5.41, 5.74) is 2.77. The topological polar surface area (TPSA) is 50.4 Å². The van der Waals surface area contributed by atoms with Crippen molar-refractivity contribution in [1.82, 2.24) is 5.32 Å². The summed E-state index contributed by atoms with van der Waals surface area (Å²) in [6, 6.07) is 6.17. The van der Waals surface area contributed by atoms with Crippen molar-refractivity contribution < 1.29 is 9.53 Å². The first kappa shape index (κ1) is 14.4. The van der Waals surface area contributed by atoms with Crippen molar-refractivity contribution in [3.63, 3.8) is 0 Å². The molecular formula is C17H24N2O2. The maximum atomic E-state index is 12.6. The first-order valence-corrected chi connectivity index (χ1v) is 7.98. The molecular weight excluding hydrogens is 264 g/mol. The van der Waals surface area contributed by atoms with E-state index in [0.29, 0.717) is 6.10 Å². The van der Waals surface area contributed by atoms with Crippen molar-refractivity contribution in [1.29, 1.82) is 0 Å². The fourth-order valence-electron chi connectivity index (χ4n) is 3.30. The molecule has 4 heteroatoms. The number of nitrogens with one attached hydrogen (secondary N) is 2. The second-order valence-electron chi connectivity index (χ2n) is 6.17. The molecule has 2 saturated heterocycles. The summed E-state index contributed by atoms with van der Waals surface area (Å²) < 4.78 is 5.81. The molecule has 114 valence electrons. The molecule has 21 heavy (non-hydrogen) atoms. The third-order valence-corrected chi connectivity index (χ3v) is 4.41. The standard InChI is InChI=1S/C17H24N2O2/c1-3-8-18-14-6-4-11(2)9-13(14)17(20)19-15-10-12-5-7-16(15)21-12/h4,6,9,12,15-16,18H,3,5,7-8,10H2,1-2H3,(H,19,20). The fraction of sp³-hybridized carbons (Fsp3) is 0.588. The number of ether oxygens (including phenoxy) is 1. The molecule has 0 aliphatic carbocycles. The molecule has 0 aromatic heterocycles. The van der Waals surface area contributed by atoms with Gasteiger partial charge in [0.1, 0.15) is 0 Å². The van der Waals surface area contributed by atoms with E-state index >= 15 is 0 Å². The smallest absolute Gasteiger partial charge is 0.253 e. The molecule has 1 aromatic carbocycles. The van der Waals surface area contributed by atoms with Crippen molar-refractivity contribution in [3.05, 3.63) is 29.3 Å². The van der Waals surface area contributed by atoms with Gasteiger partial charge in [0.15, 0.2) is 0 Å². The van der Waals surface area contributed by atoms with Crippen LogP contribution >= 0.6 is 0 Å². The predicted octanol–water partition coefficient (Wildman–Crippen LogP) is 2.87. The van der Waals surface area contributed by atoms with Crippen molar-refractivity contribution in [2.24, 2.45) is 0 Å². The Bertz CT molecular complexity index is 530. The Morgan fingerprint density at radius 1 is 1.38 bits per heavy atom. The van der Waals surface area contributed by atoms with Crippen LogP contribution in [0.4, 0.5) is 5.69 Å². The molecule has 0 saturated carbocycles. The molecule has 3 unspecified atom stereocenters. The highest BCUT2D eigenvalue weighted by molar-refractivity contribution is 6.00. The molecule has 1 amide bonds. The lowest BCUT2D eigenvalue weighted by atomic mass is 9.95. The molecule has 3 rings (SSSR count). The zero-order chi connectivity index (χ0) is 14.8. The minimum absolute atomic E-state index is 0.0125. The van der Waals surface area contributed by atoms with Gasteiger partial charge in [-0.25, -0.2) is 0 Å². The summed E-state index contributed by atoms with van der Waals surface area (Å²) in [7, 11) is 0. The van der Waals surface area contributed by atoms with Gasteiger partial charge >= 0.3 is 0 Å². The Morgan fingerprint density at radius 2 is 2.24 bits per heavy atom. The summed E-state index contributed by atoms with van der Waals surface area (Å²) in [6.45, 7) is 5.01. The summed E-state index contributed by atoms with van der Waals surface area (Å²) in [5, 5.41) is 6.50. The van der Waals surface area contributed by atoms with Gasteiger partial charge in [-0.3, -0.25) is 4.79 Å². The molecule has 0 radical (unpaired) electrons. The van der Waals surface area contributed by atoms with Gasteiger partial charge in [-0.2, -0.15) is 0 Å². The number of carbonyl (C=O) groups excluding carboxylic acids is 1. The van der Waals surface area contributed by atoms with Crippen LogP contribution in [0.15, 0.2) is 18.2 Å². The van der Waals surface area contributed by atoms with E-state index in [4.69, 9.17) is 4.74 Å². The van der Waals surface area contributed by atoms with E-state index in [1.165, 1.54) is 0 Å². The maximum Gasteiger partial charge on any atom is 0.253 e. The lowest BCUT2D eigenvalue weighted by Gasteiger charge is -2.21. The zero-order valence-electron chi connectivity index (χ0n) is 12.8. The molecule has 0 spiro atoms. The van der Waals surface area contributed by atoms with Crippen LogP contribution in [0, 0.1) is 6.92 Å². The summed E-state index contributed by atoms with van der Waals surface area (Å²) in [6.07, 6.45) is 4.79. The number of carbonyl (C=O) groups is 1. The van der Waals surface area contributed by atoms with Crippen molar-refractivity contribution in [2.45, 2.75) is 57.8 Å². The second-order valence-corrected chi connectivity index (χ2v) is 6.17. The average molecular weight is 288 g/mol. The van der Waals surface area contributed by atoms with Crippen molar-refractivity contribution >= 4 is 11.6 Å². The van der Waals surface area contributed by atoms with Crippen LogP contribution in [0.1, 0.15) is 48.5 Å². The van der Waals surface area contributed by atoms with Crippen LogP contribution in [0.5, 0.6) is 0 Å². The Kier molecular flexibility index (Phi) is 4.15. The number of hydrogen-bond acceptors (Lipinski definition) is 3. The Balaban J connectivity index is 1.72. The molecule has 4 nitrogen and oxygen atoms in total. The van der Waals surface area contributed by atoms with Crippen LogP contribution in [-0.2, 0) is 4.74 Å². The van der Waals surface area contributed by atoms with Crippen LogP contribution in [0.3, 0.4) is 0 Å². The number of rotatable bonds is 5. The number of fused-ring (bicyclic) bond motifs is 2. The lowest BCUT2D eigenvalue weighted by molar-refractivity contribution is 0.0841. The minimum Gasteiger partial charge on any atom is -0.384 e. The second kappa shape index (κ2) is 6.06. The first-order chi connectivity index (χ1) is 10.2. The van der Waals surface area contributed by atoms with E-state index in [1.54, 1.807) is 0 Å². The molecule has 2 aliphatic heterocycles. The highest BCUT2D eigenvalue weighted by Crippen LogP contribution is 2.34. The van der Waals surface area contributed by atoms with Crippen LogP contribution in [0.2, 0.25) is 0 Å². The number of aryl methyl sites for hydroxylation is 1. The van der Waals surface area contributed by atoms with Gasteiger partial charge in [0.05, 0.1) is 23.8 Å². The van der Waals surface area contributed by atoms with Crippen molar-refractivity contribution in [3.8, 4) is 0 Å². The number of benzene rings is 1. The quantitative estimate of drug-likeness (QED) is 0.876. The molecule has 1 aromatic rings.